The minimum Gasteiger partial charge on any atom is -0.377 e. The molecule has 0 aromatic heterocycles. The molecule has 3 rings (SSSR count). The molecule has 20 heavy (non-hydrogen) atoms. The monoisotopic (exact) mass is 279 g/mol. The van der Waals surface area contributed by atoms with E-state index >= 15 is 0 Å². The van der Waals surface area contributed by atoms with Crippen LogP contribution in [0, 0.1) is 16.7 Å². The SMILES string of the molecule is CN=C(NC1C2CCOC2C1(C)C)N1CCC(C)(C)C1. The van der Waals surface area contributed by atoms with Crippen LogP contribution in [-0.2, 0) is 4.74 Å². The highest BCUT2D eigenvalue weighted by molar-refractivity contribution is 5.81. The average molecular weight is 279 g/mol. The number of hydrogen-bond acceptors (Lipinski definition) is 2. The molecule has 0 spiro atoms. The molecule has 3 atom stereocenters. The summed E-state index contributed by atoms with van der Waals surface area (Å²) < 4.78 is 5.88. The zero-order valence-corrected chi connectivity index (χ0v) is 13.6. The van der Waals surface area contributed by atoms with Crippen LogP contribution in [0.1, 0.15) is 40.5 Å². The first-order chi connectivity index (χ1) is 9.35. The van der Waals surface area contributed by atoms with Crippen LogP contribution in [0.2, 0.25) is 0 Å². The molecule has 0 amide bonds. The first-order valence-electron chi connectivity index (χ1n) is 7.95. The van der Waals surface area contributed by atoms with Gasteiger partial charge < -0.3 is 15.0 Å². The van der Waals surface area contributed by atoms with Crippen LogP contribution in [0.15, 0.2) is 4.99 Å². The van der Waals surface area contributed by atoms with Gasteiger partial charge in [-0.15, -0.1) is 0 Å². The maximum absolute atomic E-state index is 5.88. The number of ether oxygens (including phenoxy) is 1. The first kappa shape index (κ1) is 14.2. The van der Waals surface area contributed by atoms with Crippen molar-refractivity contribution in [3.8, 4) is 0 Å². The Morgan fingerprint density at radius 1 is 1.30 bits per heavy atom. The molecule has 4 nitrogen and oxygen atoms in total. The molecule has 4 heteroatoms. The van der Waals surface area contributed by atoms with Crippen LogP contribution in [0.3, 0.4) is 0 Å². The van der Waals surface area contributed by atoms with Crippen molar-refractivity contribution in [3.63, 3.8) is 0 Å². The number of fused-ring (bicyclic) bond motifs is 1. The minimum atomic E-state index is 0.215. The molecule has 0 aromatic rings. The quantitative estimate of drug-likeness (QED) is 0.590. The van der Waals surface area contributed by atoms with Crippen LogP contribution >= 0.6 is 0 Å². The van der Waals surface area contributed by atoms with Gasteiger partial charge in [-0.2, -0.15) is 0 Å². The number of nitrogens with zero attached hydrogens (tertiary/aromatic N) is 2. The topological polar surface area (TPSA) is 36.9 Å². The second-order valence-electron chi connectivity index (χ2n) is 8.07. The van der Waals surface area contributed by atoms with Gasteiger partial charge >= 0.3 is 0 Å². The van der Waals surface area contributed by atoms with E-state index < -0.39 is 0 Å². The van der Waals surface area contributed by atoms with E-state index in [9.17, 15) is 0 Å². The molecule has 2 saturated heterocycles. The summed E-state index contributed by atoms with van der Waals surface area (Å²) in [7, 11) is 1.90. The highest BCUT2D eigenvalue weighted by Crippen LogP contribution is 2.52. The van der Waals surface area contributed by atoms with Gasteiger partial charge in [-0.1, -0.05) is 27.7 Å². The van der Waals surface area contributed by atoms with Crippen molar-refractivity contribution in [2.24, 2.45) is 21.7 Å². The minimum absolute atomic E-state index is 0.215. The lowest BCUT2D eigenvalue weighted by Crippen LogP contribution is -2.68. The van der Waals surface area contributed by atoms with Crippen molar-refractivity contribution in [1.82, 2.24) is 10.2 Å². The van der Waals surface area contributed by atoms with E-state index in [0.29, 0.717) is 23.5 Å². The molecular formula is C16H29N3O. The third-order valence-electron chi connectivity index (χ3n) is 5.57. The van der Waals surface area contributed by atoms with E-state index in [2.05, 4.69) is 42.9 Å². The fourth-order valence-electron chi connectivity index (χ4n) is 4.35. The summed E-state index contributed by atoms with van der Waals surface area (Å²) in [6, 6.07) is 0.498. The van der Waals surface area contributed by atoms with Crippen LogP contribution in [0.4, 0.5) is 0 Å². The van der Waals surface area contributed by atoms with Crippen LogP contribution in [-0.4, -0.2) is 49.7 Å². The first-order valence-corrected chi connectivity index (χ1v) is 7.95. The van der Waals surface area contributed by atoms with Crippen LogP contribution in [0.25, 0.3) is 0 Å². The number of aliphatic imine (C=N–C) groups is 1. The van der Waals surface area contributed by atoms with Gasteiger partial charge in [0.2, 0.25) is 0 Å². The van der Waals surface area contributed by atoms with Crippen LogP contribution in [0.5, 0.6) is 0 Å². The van der Waals surface area contributed by atoms with Gasteiger partial charge in [-0.05, 0) is 18.3 Å². The lowest BCUT2D eigenvalue weighted by molar-refractivity contribution is -0.107. The lowest BCUT2D eigenvalue weighted by Gasteiger charge is -2.55. The van der Waals surface area contributed by atoms with Gasteiger partial charge in [0.25, 0.3) is 0 Å². The summed E-state index contributed by atoms with van der Waals surface area (Å²) in [6.45, 7) is 12.5. The number of guanidine groups is 1. The zero-order chi connectivity index (χ0) is 14.5. The summed E-state index contributed by atoms with van der Waals surface area (Å²) in [4.78, 5) is 6.94. The Hall–Kier alpha value is -0.770. The van der Waals surface area contributed by atoms with E-state index in [1.807, 2.05) is 7.05 Å². The molecule has 1 aliphatic carbocycles. The predicted molar refractivity (Wildman–Crippen MR) is 81.9 cm³/mol. The van der Waals surface area contributed by atoms with E-state index in [4.69, 9.17) is 4.74 Å². The lowest BCUT2D eigenvalue weighted by atomic mass is 9.57. The van der Waals surface area contributed by atoms with Crippen molar-refractivity contribution >= 4 is 5.96 Å². The molecule has 114 valence electrons. The highest BCUT2D eigenvalue weighted by atomic mass is 16.5. The predicted octanol–water partition coefficient (Wildman–Crippen LogP) is 2.11. The highest BCUT2D eigenvalue weighted by Gasteiger charge is 2.59. The normalized spacial score (nSPS) is 38.5. The Labute approximate surface area is 123 Å². The number of rotatable bonds is 1. The van der Waals surface area contributed by atoms with Crippen molar-refractivity contribution < 1.29 is 4.74 Å². The maximum Gasteiger partial charge on any atom is 0.193 e. The van der Waals surface area contributed by atoms with Crippen molar-refractivity contribution in [1.29, 1.82) is 0 Å². The number of hydrogen-bond donors (Lipinski definition) is 1. The second kappa shape index (κ2) is 4.62. The molecule has 3 aliphatic rings. The molecule has 2 heterocycles. The Kier molecular flexibility index (Phi) is 3.27. The van der Waals surface area contributed by atoms with Crippen molar-refractivity contribution in [2.45, 2.75) is 52.7 Å². The molecule has 1 N–H and O–H groups in total. The third-order valence-corrected chi connectivity index (χ3v) is 5.57. The molecule has 0 aromatic carbocycles. The van der Waals surface area contributed by atoms with E-state index in [0.717, 1.165) is 25.7 Å². The molecule has 2 aliphatic heterocycles. The molecule has 0 bridgehead atoms. The largest absolute Gasteiger partial charge is 0.377 e. The van der Waals surface area contributed by atoms with Crippen molar-refractivity contribution in [3.05, 3.63) is 0 Å². The molecule has 3 fully saturated rings. The van der Waals surface area contributed by atoms with Crippen molar-refractivity contribution in [2.75, 3.05) is 26.7 Å². The summed E-state index contributed by atoms with van der Waals surface area (Å²) in [5.74, 6) is 1.75. The average Bonchev–Trinajstić information content (AvgIpc) is 2.95. The van der Waals surface area contributed by atoms with Crippen LogP contribution < -0.4 is 5.32 Å². The summed E-state index contributed by atoms with van der Waals surface area (Å²) >= 11 is 0. The zero-order valence-electron chi connectivity index (χ0n) is 13.6. The Balaban J connectivity index is 1.67. The van der Waals surface area contributed by atoms with Gasteiger partial charge in [0, 0.05) is 44.1 Å². The summed E-state index contributed by atoms with van der Waals surface area (Å²) in [5, 5.41) is 3.74. The Morgan fingerprint density at radius 3 is 2.65 bits per heavy atom. The Morgan fingerprint density at radius 2 is 2.05 bits per heavy atom. The third kappa shape index (κ3) is 2.12. The van der Waals surface area contributed by atoms with E-state index in [-0.39, 0.29) is 5.41 Å². The fourth-order valence-corrected chi connectivity index (χ4v) is 4.35. The van der Waals surface area contributed by atoms with Gasteiger partial charge in [0.15, 0.2) is 5.96 Å². The smallest absolute Gasteiger partial charge is 0.193 e. The number of likely N-dealkylation sites (tertiary alicyclic amines) is 1. The molecular weight excluding hydrogens is 250 g/mol. The molecule has 3 unspecified atom stereocenters. The number of nitrogens with one attached hydrogen (secondary N) is 1. The van der Waals surface area contributed by atoms with Gasteiger partial charge in [-0.3, -0.25) is 4.99 Å². The molecule has 1 saturated carbocycles. The standard InChI is InChI=1S/C16H29N3O/c1-15(2)7-8-19(10-15)14(17-5)18-12-11-6-9-20-13(11)16(12,3)4/h11-13H,6-10H2,1-5H3,(H,17,18). The fraction of sp³-hybridized carbons (Fsp3) is 0.938. The summed E-state index contributed by atoms with van der Waals surface area (Å²) in [5.41, 5.74) is 0.623. The van der Waals surface area contributed by atoms with Gasteiger partial charge in [-0.25, -0.2) is 0 Å². The summed E-state index contributed by atoms with van der Waals surface area (Å²) in [6.07, 6.45) is 2.87. The van der Waals surface area contributed by atoms with E-state index in [1.165, 1.54) is 12.8 Å². The van der Waals surface area contributed by atoms with Gasteiger partial charge in [0.05, 0.1) is 6.10 Å². The van der Waals surface area contributed by atoms with Gasteiger partial charge in [0.1, 0.15) is 0 Å². The second-order valence-corrected chi connectivity index (χ2v) is 8.07. The molecule has 0 radical (unpaired) electrons. The maximum atomic E-state index is 5.88. The Bertz CT molecular complexity index is 416. The van der Waals surface area contributed by atoms with E-state index in [1.54, 1.807) is 0 Å².